The predicted molar refractivity (Wildman–Crippen MR) is 76.6 cm³/mol. The number of hydrogen-bond acceptors (Lipinski definition) is 1. The van der Waals surface area contributed by atoms with E-state index < -0.39 is 0 Å². The van der Waals surface area contributed by atoms with Crippen LogP contribution in [0.1, 0.15) is 27.8 Å². The van der Waals surface area contributed by atoms with E-state index in [2.05, 4.69) is 58.9 Å². The van der Waals surface area contributed by atoms with Crippen LogP contribution in [-0.2, 0) is 0 Å². The Morgan fingerprint density at radius 1 is 0.667 bits per heavy atom. The zero-order chi connectivity index (χ0) is 13.3. The molecule has 2 rings (SSSR count). The van der Waals surface area contributed by atoms with E-state index in [-0.39, 0.29) is 0 Å². The summed E-state index contributed by atoms with van der Waals surface area (Å²) in [6.45, 7) is 10.5. The van der Waals surface area contributed by atoms with Crippen LogP contribution in [0, 0.1) is 34.6 Å². The molecule has 18 heavy (non-hydrogen) atoms. The van der Waals surface area contributed by atoms with Crippen molar-refractivity contribution >= 4 is 0 Å². The summed E-state index contributed by atoms with van der Waals surface area (Å²) < 4.78 is 6.06. The summed E-state index contributed by atoms with van der Waals surface area (Å²) in [7, 11) is 0. The first kappa shape index (κ1) is 12.7. The van der Waals surface area contributed by atoms with Crippen LogP contribution in [-0.4, -0.2) is 0 Å². The van der Waals surface area contributed by atoms with Gasteiger partial charge < -0.3 is 4.74 Å². The highest BCUT2D eigenvalue weighted by Crippen LogP contribution is 2.30. The molecule has 0 amide bonds. The Bertz CT molecular complexity index is 582. The van der Waals surface area contributed by atoms with Gasteiger partial charge in [-0.25, -0.2) is 0 Å². The van der Waals surface area contributed by atoms with E-state index in [1.165, 1.54) is 27.8 Å². The molecule has 1 heteroatoms. The van der Waals surface area contributed by atoms with Gasteiger partial charge in [-0.05, 0) is 69.0 Å². The minimum atomic E-state index is 0.939. The fourth-order valence-corrected chi connectivity index (χ4v) is 2.14. The van der Waals surface area contributed by atoms with Gasteiger partial charge in [0.15, 0.2) is 0 Å². The second kappa shape index (κ2) is 4.85. The van der Waals surface area contributed by atoms with E-state index >= 15 is 0 Å². The third-order valence-electron chi connectivity index (χ3n) is 3.31. The van der Waals surface area contributed by atoms with Gasteiger partial charge in [0.1, 0.15) is 11.5 Å². The normalized spacial score (nSPS) is 10.5. The zero-order valence-corrected chi connectivity index (χ0v) is 11.8. The summed E-state index contributed by atoms with van der Waals surface area (Å²) in [5, 5.41) is 0. The van der Waals surface area contributed by atoms with Gasteiger partial charge in [-0.1, -0.05) is 23.8 Å². The molecular formula is C17H20O. The van der Waals surface area contributed by atoms with Gasteiger partial charge in [-0.15, -0.1) is 0 Å². The van der Waals surface area contributed by atoms with Crippen LogP contribution in [0.5, 0.6) is 11.5 Å². The zero-order valence-electron chi connectivity index (χ0n) is 11.8. The van der Waals surface area contributed by atoms with Gasteiger partial charge in [0.25, 0.3) is 0 Å². The maximum atomic E-state index is 6.06. The maximum Gasteiger partial charge on any atom is 0.130 e. The SMILES string of the molecule is Cc1ccc(Oc2cc(C)cc(C)c2C)c(C)c1. The minimum Gasteiger partial charge on any atom is -0.457 e. The molecule has 2 aromatic rings. The largest absolute Gasteiger partial charge is 0.457 e. The summed E-state index contributed by atoms with van der Waals surface area (Å²) >= 11 is 0. The van der Waals surface area contributed by atoms with Gasteiger partial charge in [0, 0.05) is 0 Å². The van der Waals surface area contributed by atoms with Crippen LogP contribution in [0.3, 0.4) is 0 Å². The summed E-state index contributed by atoms with van der Waals surface area (Å²) in [6, 6.07) is 10.6. The van der Waals surface area contributed by atoms with Crippen LogP contribution in [0.2, 0.25) is 0 Å². The predicted octanol–water partition coefficient (Wildman–Crippen LogP) is 5.02. The van der Waals surface area contributed by atoms with E-state index in [0.717, 1.165) is 11.5 Å². The molecular weight excluding hydrogens is 220 g/mol. The topological polar surface area (TPSA) is 9.23 Å². The summed E-state index contributed by atoms with van der Waals surface area (Å²) in [5.74, 6) is 1.90. The molecule has 0 bridgehead atoms. The Kier molecular flexibility index (Phi) is 3.42. The second-order valence-corrected chi connectivity index (χ2v) is 5.08. The van der Waals surface area contributed by atoms with E-state index in [0.29, 0.717) is 0 Å². The van der Waals surface area contributed by atoms with Crippen molar-refractivity contribution < 1.29 is 4.74 Å². The van der Waals surface area contributed by atoms with Gasteiger partial charge in [0.05, 0.1) is 0 Å². The molecule has 0 unspecified atom stereocenters. The number of hydrogen-bond donors (Lipinski definition) is 0. The fraction of sp³-hybridized carbons (Fsp3) is 0.294. The maximum absolute atomic E-state index is 6.06. The molecule has 0 radical (unpaired) electrons. The molecule has 0 saturated carbocycles. The molecule has 0 atom stereocenters. The van der Waals surface area contributed by atoms with Crippen LogP contribution in [0.4, 0.5) is 0 Å². The lowest BCUT2D eigenvalue weighted by atomic mass is 10.1. The van der Waals surface area contributed by atoms with E-state index in [4.69, 9.17) is 4.74 Å². The molecule has 94 valence electrons. The Morgan fingerprint density at radius 3 is 2.00 bits per heavy atom. The van der Waals surface area contributed by atoms with Crippen LogP contribution in [0.25, 0.3) is 0 Å². The average Bonchev–Trinajstić information content (AvgIpc) is 2.29. The monoisotopic (exact) mass is 240 g/mol. The summed E-state index contributed by atoms with van der Waals surface area (Å²) in [4.78, 5) is 0. The summed E-state index contributed by atoms with van der Waals surface area (Å²) in [6.07, 6.45) is 0. The molecule has 0 fully saturated rings. The van der Waals surface area contributed by atoms with E-state index in [1.54, 1.807) is 0 Å². The van der Waals surface area contributed by atoms with Crippen molar-refractivity contribution in [3.05, 3.63) is 58.1 Å². The highest BCUT2D eigenvalue weighted by Gasteiger charge is 2.07. The highest BCUT2D eigenvalue weighted by molar-refractivity contribution is 5.46. The fourth-order valence-electron chi connectivity index (χ4n) is 2.14. The number of aryl methyl sites for hydroxylation is 4. The molecule has 0 aromatic heterocycles. The average molecular weight is 240 g/mol. The Hall–Kier alpha value is -1.76. The summed E-state index contributed by atoms with van der Waals surface area (Å²) in [5.41, 5.74) is 6.15. The van der Waals surface area contributed by atoms with Gasteiger partial charge in [-0.2, -0.15) is 0 Å². The van der Waals surface area contributed by atoms with Crippen molar-refractivity contribution in [2.24, 2.45) is 0 Å². The van der Waals surface area contributed by atoms with Crippen molar-refractivity contribution in [1.82, 2.24) is 0 Å². The number of benzene rings is 2. The Morgan fingerprint density at radius 2 is 1.33 bits per heavy atom. The van der Waals surface area contributed by atoms with E-state index in [1.807, 2.05) is 6.07 Å². The van der Waals surface area contributed by atoms with Crippen LogP contribution >= 0.6 is 0 Å². The first-order valence-corrected chi connectivity index (χ1v) is 6.30. The molecule has 0 aliphatic rings. The second-order valence-electron chi connectivity index (χ2n) is 5.08. The Balaban J connectivity index is 2.40. The molecule has 1 nitrogen and oxygen atoms in total. The van der Waals surface area contributed by atoms with Crippen molar-refractivity contribution in [2.75, 3.05) is 0 Å². The lowest BCUT2D eigenvalue weighted by Crippen LogP contribution is -1.93. The minimum absolute atomic E-state index is 0.939. The van der Waals surface area contributed by atoms with E-state index in [9.17, 15) is 0 Å². The number of ether oxygens (including phenoxy) is 1. The Labute approximate surface area is 109 Å². The third kappa shape index (κ3) is 2.56. The standard InChI is InChI=1S/C17H20O/c1-11-6-7-16(14(4)8-11)18-17-10-12(2)9-13(3)15(17)5/h6-10H,1-5H3. The van der Waals surface area contributed by atoms with Gasteiger partial charge >= 0.3 is 0 Å². The molecule has 0 heterocycles. The first-order chi connectivity index (χ1) is 8.47. The van der Waals surface area contributed by atoms with Crippen LogP contribution in [0.15, 0.2) is 30.3 Å². The number of rotatable bonds is 2. The lowest BCUT2D eigenvalue weighted by Gasteiger charge is -2.14. The van der Waals surface area contributed by atoms with Crippen LogP contribution < -0.4 is 4.74 Å². The lowest BCUT2D eigenvalue weighted by molar-refractivity contribution is 0.474. The molecule has 0 aliphatic heterocycles. The smallest absolute Gasteiger partial charge is 0.130 e. The third-order valence-corrected chi connectivity index (χ3v) is 3.31. The van der Waals surface area contributed by atoms with Crippen molar-refractivity contribution in [3.8, 4) is 11.5 Å². The molecule has 2 aromatic carbocycles. The molecule has 0 saturated heterocycles. The quantitative estimate of drug-likeness (QED) is 0.716. The first-order valence-electron chi connectivity index (χ1n) is 6.30. The molecule has 0 aliphatic carbocycles. The van der Waals surface area contributed by atoms with Gasteiger partial charge in [-0.3, -0.25) is 0 Å². The highest BCUT2D eigenvalue weighted by atomic mass is 16.5. The van der Waals surface area contributed by atoms with Gasteiger partial charge in [0.2, 0.25) is 0 Å². The van der Waals surface area contributed by atoms with Crippen molar-refractivity contribution in [2.45, 2.75) is 34.6 Å². The molecule has 0 N–H and O–H groups in total. The van der Waals surface area contributed by atoms with Crippen molar-refractivity contribution in [1.29, 1.82) is 0 Å². The van der Waals surface area contributed by atoms with Crippen molar-refractivity contribution in [3.63, 3.8) is 0 Å². The molecule has 0 spiro atoms.